The highest BCUT2D eigenvalue weighted by molar-refractivity contribution is 6.16. The third-order valence-corrected chi connectivity index (χ3v) is 5.00. The number of aromatic carboxylic acids is 1. The molecule has 0 aliphatic carbocycles. The average Bonchev–Trinajstić information content (AvgIpc) is 2.68. The van der Waals surface area contributed by atoms with Gasteiger partial charge in [-0.3, -0.25) is 4.79 Å². The molecule has 1 heterocycles. The molecule has 0 atom stereocenters. The summed E-state index contributed by atoms with van der Waals surface area (Å²) in [5.74, 6) is -0.951. The van der Waals surface area contributed by atoms with Crippen LogP contribution >= 0.6 is 0 Å². The summed E-state index contributed by atoms with van der Waals surface area (Å²) >= 11 is 0. The highest BCUT2D eigenvalue weighted by atomic mass is 16.4. The second-order valence-corrected chi connectivity index (χ2v) is 6.59. The monoisotopic (exact) mass is 356 g/mol. The molecule has 0 radical (unpaired) electrons. The van der Waals surface area contributed by atoms with Crippen molar-refractivity contribution < 1.29 is 19.3 Å². The molecule has 1 aromatic heterocycles. The van der Waals surface area contributed by atoms with Crippen LogP contribution in [0, 0.1) is 0 Å². The van der Waals surface area contributed by atoms with Gasteiger partial charge in [-0.1, -0.05) is 48.5 Å². The first kappa shape index (κ1) is 16.9. The smallest absolute Gasteiger partial charge is 0.337 e. The molecule has 27 heavy (non-hydrogen) atoms. The SMILES string of the molecule is CC(=O)c1ccc(-c2cccc3c2c(C(=O)O)c2ccccc2[n+]3C)cc1. The molecule has 1 N–H and O–H groups in total. The number of para-hydroxylation sites is 1. The Kier molecular flexibility index (Phi) is 3.96. The largest absolute Gasteiger partial charge is 0.478 e. The summed E-state index contributed by atoms with van der Waals surface area (Å²) in [4.78, 5) is 23.8. The number of carboxylic acid groups (broad SMARTS) is 1. The fourth-order valence-corrected chi connectivity index (χ4v) is 3.67. The molecule has 132 valence electrons. The highest BCUT2D eigenvalue weighted by Crippen LogP contribution is 2.33. The Morgan fingerprint density at radius 1 is 0.852 bits per heavy atom. The Hall–Kier alpha value is -3.53. The van der Waals surface area contributed by atoms with Crippen LogP contribution in [0.1, 0.15) is 27.6 Å². The van der Waals surface area contributed by atoms with Crippen LogP contribution in [0.4, 0.5) is 0 Å². The number of benzene rings is 3. The molecule has 0 saturated carbocycles. The number of carboxylic acids is 1. The topological polar surface area (TPSA) is 58.3 Å². The Balaban J connectivity index is 2.14. The van der Waals surface area contributed by atoms with Gasteiger partial charge in [0.05, 0.1) is 16.3 Å². The Bertz CT molecular complexity index is 1220. The number of aromatic nitrogens is 1. The summed E-state index contributed by atoms with van der Waals surface area (Å²) in [5, 5.41) is 11.4. The Morgan fingerprint density at radius 2 is 1.52 bits per heavy atom. The van der Waals surface area contributed by atoms with Gasteiger partial charge in [0, 0.05) is 17.7 Å². The molecule has 4 heteroatoms. The van der Waals surface area contributed by atoms with E-state index >= 15 is 0 Å². The summed E-state index contributed by atoms with van der Waals surface area (Å²) in [6, 6.07) is 20.6. The summed E-state index contributed by atoms with van der Waals surface area (Å²) in [6.07, 6.45) is 0. The van der Waals surface area contributed by atoms with E-state index in [1.165, 1.54) is 6.92 Å². The molecular weight excluding hydrogens is 338 g/mol. The van der Waals surface area contributed by atoms with Crippen LogP contribution in [0.25, 0.3) is 32.9 Å². The molecule has 4 aromatic rings. The zero-order valence-electron chi connectivity index (χ0n) is 15.1. The van der Waals surface area contributed by atoms with Crippen molar-refractivity contribution in [3.8, 4) is 11.1 Å². The maximum absolute atomic E-state index is 12.2. The number of fused-ring (bicyclic) bond motifs is 2. The highest BCUT2D eigenvalue weighted by Gasteiger charge is 2.24. The molecule has 0 aliphatic heterocycles. The first-order valence-corrected chi connectivity index (χ1v) is 8.67. The minimum absolute atomic E-state index is 0.00286. The van der Waals surface area contributed by atoms with E-state index in [2.05, 4.69) is 0 Å². The van der Waals surface area contributed by atoms with Crippen LogP contribution in [0.15, 0.2) is 66.7 Å². The van der Waals surface area contributed by atoms with Crippen molar-refractivity contribution in [1.82, 2.24) is 0 Å². The van der Waals surface area contributed by atoms with Crippen LogP contribution in [-0.2, 0) is 7.05 Å². The number of rotatable bonds is 3. The van der Waals surface area contributed by atoms with Gasteiger partial charge in [0.2, 0.25) is 11.0 Å². The molecule has 0 aliphatic rings. The quantitative estimate of drug-likeness (QED) is 0.337. The van der Waals surface area contributed by atoms with E-state index in [1.807, 2.05) is 66.2 Å². The fraction of sp³-hybridized carbons (Fsp3) is 0.0870. The van der Waals surface area contributed by atoms with Crippen molar-refractivity contribution in [3.63, 3.8) is 0 Å². The van der Waals surface area contributed by atoms with E-state index in [0.717, 1.165) is 22.2 Å². The van der Waals surface area contributed by atoms with Crippen molar-refractivity contribution in [2.24, 2.45) is 7.05 Å². The molecule has 0 fully saturated rings. The van der Waals surface area contributed by atoms with Gasteiger partial charge in [-0.25, -0.2) is 4.79 Å². The number of pyridine rings is 1. The van der Waals surface area contributed by atoms with Gasteiger partial charge in [-0.2, -0.15) is 4.57 Å². The standard InChI is InChI=1S/C23H17NO3/c1-14(25)15-10-12-16(13-11-15)17-7-5-9-20-21(17)22(23(26)27)18-6-3-4-8-19(18)24(20)2/h3-13H,1-2H3/p+1. The van der Waals surface area contributed by atoms with Crippen LogP contribution < -0.4 is 4.57 Å². The van der Waals surface area contributed by atoms with Crippen molar-refractivity contribution >= 4 is 33.6 Å². The maximum atomic E-state index is 12.2. The molecule has 4 rings (SSSR count). The van der Waals surface area contributed by atoms with Gasteiger partial charge in [-0.15, -0.1) is 0 Å². The lowest BCUT2D eigenvalue weighted by Crippen LogP contribution is -2.31. The zero-order chi connectivity index (χ0) is 19.1. The summed E-state index contributed by atoms with van der Waals surface area (Å²) in [7, 11) is 1.94. The molecule has 0 unspecified atom stereocenters. The summed E-state index contributed by atoms with van der Waals surface area (Å²) < 4.78 is 2.02. The van der Waals surface area contributed by atoms with E-state index in [1.54, 1.807) is 12.1 Å². The average molecular weight is 356 g/mol. The number of hydrogen-bond donors (Lipinski definition) is 1. The number of ketones is 1. The van der Waals surface area contributed by atoms with E-state index in [-0.39, 0.29) is 5.78 Å². The van der Waals surface area contributed by atoms with Crippen LogP contribution in [-0.4, -0.2) is 16.9 Å². The number of nitrogens with zero attached hydrogens (tertiary/aromatic N) is 1. The van der Waals surface area contributed by atoms with Crippen molar-refractivity contribution in [3.05, 3.63) is 77.9 Å². The minimum Gasteiger partial charge on any atom is -0.478 e. The molecule has 0 amide bonds. The van der Waals surface area contributed by atoms with Gasteiger partial charge in [0.1, 0.15) is 7.05 Å². The lowest BCUT2D eigenvalue weighted by Gasteiger charge is -2.11. The molecule has 3 aromatic carbocycles. The predicted molar refractivity (Wildman–Crippen MR) is 105 cm³/mol. The predicted octanol–water partition coefficient (Wildman–Crippen LogP) is 4.39. The van der Waals surface area contributed by atoms with Crippen LogP contribution in [0.3, 0.4) is 0 Å². The third kappa shape index (κ3) is 2.66. The van der Waals surface area contributed by atoms with Gasteiger partial charge in [-0.05, 0) is 24.1 Å². The van der Waals surface area contributed by atoms with Crippen LogP contribution in [0.2, 0.25) is 0 Å². The van der Waals surface area contributed by atoms with Gasteiger partial charge >= 0.3 is 5.97 Å². The summed E-state index contributed by atoms with van der Waals surface area (Å²) in [6.45, 7) is 1.53. The maximum Gasteiger partial charge on any atom is 0.337 e. The zero-order valence-corrected chi connectivity index (χ0v) is 15.1. The molecule has 0 spiro atoms. The van der Waals surface area contributed by atoms with E-state index in [0.29, 0.717) is 21.9 Å². The van der Waals surface area contributed by atoms with Gasteiger partial charge < -0.3 is 5.11 Å². The van der Waals surface area contributed by atoms with Crippen molar-refractivity contribution in [2.75, 3.05) is 0 Å². The second kappa shape index (κ2) is 6.32. The minimum atomic E-state index is -0.954. The lowest BCUT2D eigenvalue weighted by molar-refractivity contribution is -0.617. The number of hydrogen-bond acceptors (Lipinski definition) is 2. The third-order valence-electron chi connectivity index (χ3n) is 5.00. The number of carbonyl (C=O) groups excluding carboxylic acids is 1. The molecular formula is C23H18NO3+. The molecule has 0 bridgehead atoms. The van der Waals surface area contributed by atoms with E-state index < -0.39 is 5.97 Å². The molecule has 4 nitrogen and oxygen atoms in total. The number of aryl methyl sites for hydroxylation is 1. The van der Waals surface area contributed by atoms with Crippen molar-refractivity contribution in [1.29, 1.82) is 0 Å². The number of carbonyl (C=O) groups is 2. The summed E-state index contributed by atoms with van der Waals surface area (Å²) in [5.41, 5.74) is 4.36. The van der Waals surface area contributed by atoms with E-state index in [4.69, 9.17) is 0 Å². The first-order valence-electron chi connectivity index (χ1n) is 8.67. The second-order valence-electron chi connectivity index (χ2n) is 6.59. The normalized spacial score (nSPS) is 11.0. The lowest BCUT2D eigenvalue weighted by atomic mass is 9.93. The fourth-order valence-electron chi connectivity index (χ4n) is 3.67. The van der Waals surface area contributed by atoms with E-state index in [9.17, 15) is 14.7 Å². The molecule has 0 saturated heterocycles. The first-order chi connectivity index (χ1) is 13.0. The van der Waals surface area contributed by atoms with Gasteiger partial charge in [0.15, 0.2) is 5.78 Å². The Labute approximate surface area is 156 Å². The van der Waals surface area contributed by atoms with Crippen LogP contribution in [0.5, 0.6) is 0 Å². The Morgan fingerprint density at radius 3 is 2.19 bits per heavy atom. The van der Waals surface area contributed by atoms with Gasteiger partial charge in [0.25, 0.3) is 0 Å². The number of Topliss-reactive ketones (excluding diaryl/α,β-unsaturated/α-hetero) is 1. The van der Waals surface area contributed by atoms with Crippen molar-refractivity contribution in [2.45, 2.75) is 6.92 Å².